The molecule has 0 spiro atoms. The second-order valence-electron chi connectivity index (χ2n) is 3.36. The molecule has 94 valence electrons. The van der Waals surface area contributed by atoms with Gasteiger partial charge in [-0.15, -0.1) is 0 Å². The zero-order valence-electron chi connectivity index (χ0n) is 9.18. The maximum atomic E-state index is 10.7. The van der Waals surface area contributed by atoms with Gasteiger partial charge >= 0.3 is 5.97 Å². The number of carbonyl (C=O) groups is 1. The smallest absolute Gasteiger partial charge is 0.374 e. The van der Waals surface area contributed by atoms with Crippen molar-refractivity contribution in [2.24, 2.45) is 0 Å². The number of aromatic hydroxyl groups is 1. The summed E-state index contributed by atoms with van der Waals surface area (Å²) in [5.74, 6) is -1.40. The average molecular weight is 314 g/mol. The molecule has 1 aromatic carbocycles. The Hall–Kier alpha value is -2.02. The van der Waals surface area contributed by atoms with Crippen LogP contribution in [0.15, 0.2) is 27.2 Å². The number of benzene rings is 1. The van der Waals surface area contributed by atoms with Gasteiger partial charge in [0.15, 0.2) is 11.5 Å². The molecule has 0 aliphatic rings. The summed E-state index contributed by atoms with van der Waals surface area (Å²) in [5, 5.41) is 22.2. The second kappa shape index (κ2) is 4.69. The number of methoxy groups -OCH3 is 1. The summed E-state index contributed by atoms with van der Waals surface area (Å²) < 4.78 is 10.2. The van der Waals surface area contributed by atoms with Crippen LogP contribution in [0.5, 0.6) is 11.5 Å². The molecular formula is C11H8BrNO5. The Morgan fingerprint density at radius 2 is 2.22 bits per heavy atom. The molecule has 0 saturated carbocycles. The van der Waals surface area contributed by atoms with Gasteiger partial charge in [-0.25, -0.2) is 4.79 Å². The normalized spacial score (nSPS) is 10.3. The van der Waals surface area contributed by atoms with Gasteiger partial charge < -0.3 is 19.5 Å². The molecule has 2 rings (SSSR count). The Bertz CT molecular complexity index is 607. The van der Waals surface area contributed by atoms with Crippen molar-refractivity contribution in [3.05, 3.63) is 28.4 Å². The highest BCUT2D eigenvalue weighted by Crippen LogP contribution is 2.41. The van der Waals surface area contributed by atoms with E-state index in [2.05, 4.69) is 25.6 Å². The van der Waals surface area contributed by atoms with Crippen LogP contribution >= 0.6 is 15.9 Å². The van der Waals surface area contributed by atoms with Gasteiger partial charge in [-0.3, -0.25) is 0 Å². The summed E-state index contributed by atoms with van der Waals surface area (Å²) in [6.07, 6.45) is 0. The monoisotopic (exact) mass is 313 g/mol. The first-order chi connectivity index (χ1) is 8.54. The molecule has 0 unspecified atom stereocenters. The van der Waals surface area contributed by atoms with Crippen LogP contribution in [-0.2, 0) is 0 Å². The molecule has 0 aliphatic heterocycles. The van der Waals surface area contributed by atoms with Gasteiger partial charge in [0.1, 0.15) is 5.69 Å². The Morgan fingerprint density at radius 1 is 1.50 bits per heavy atom. The van der Waals surface area contributed by atoms with Crippen molar-refractivity contribution in [3.8, 4) is 22.8 Å². The predicted octanol–water partition coefficient (Wildman–Crippen LogP) is 2.52. The number of hydrogen-bond donors (Lipinski definition) is 2. The third-order valence-electron chi connectivity index (χ3n) is 2.28. The SMILES string of the molecule is COc1c(-c2cc(C(=O)O)on2)ccc(Br)c1O. The number of ether oxygens (including phenoxy) is 1. The van der Waals surface area contributed by atoms with Gasteiger partial charge in [0.05, 0.1) is 11.6 Å². The summed E-state index contributed by atoms with van der Waals surface area (Å²) in [4.78, 5) is 10.7. The van der Waals surface area contributed by atoms with Gasteiger partial charge in [0.2, 0.25) is 5.76 Å². The van der Waals surface area contributed by atoms with Crippen molar-refractivity contribution in [1.82, 2.24) is 5.16 Å². The predicted molar refractivity (Wildman–Crippen MR) is 64.8 cm³/mol. The van der Waals surface area contributed by atoms with Crippen LogP contribution in [0.4, 0.5) is 0 Å². The first-order valence-corrected chi connectivity index (χ1v) is 5.59. The standard InChI is InChI=1S/C11H8BrNO5/c1-17-10-5(2-3-6(12)9(10)14)7-4-8(11(15)16)18-13-7/h2-4,14H,1H3,(H,15,16). The van der Waals surface area contributed by atoms with E-state index in [4.69, 9.17) is 9.84 Å². The largest absolute Gasteiger partial charge is 0.503 e. The second-order valence-corrected chi connectivity index (χ2v) is 4.21. The fourth-order valence-electron chi connectivity index (χ4n) is 1.46. The molecule has 7 heteroatoms. The van der Waals surface area contributed by atoms with Crippen LogP contribution < -0.4 is 4.74 Å². The van der Waals surface area contributed by atoms with Gasteiger partial charge in [-0.05, 0) is 28.1 Å². The molecule has 0 radical (unpaired) electrons. The van der Waals surface area contributed by atoms with Crippen molar-refractivity contribution < 1.29 is 24.3 Å². The molecule has 0 aliphatic carbocycles. The maximum Gasteiger partial charge on any atom is 0.374 e. The van der Waals surface area contributed by atoms with Gasteiger partial charge in [-0.1, -0.05) is 5.16 Å². The molecular weight excluding hydrogens is 306 g/mol. The number of aromatic nitrogens is 1. The number of hydrogen-bond acceptors (Lipinski definition) is 5. The lowest BCUT2D eigenvalue weighted by Crippen LogP contribution is -1.92. The number of phenols is 1. The van der Waals surface area contributed by atoms with E-state index in [9.17, 15) is 9.90 Å². The molecule has 0 fully saturated rings. The number of halogens is 1. The molecule has 0 bridgehead atoms. The first-order valence-electron chi connectivity index (χ1n) is 4.80. The average Bonchev–Trinajstić information content (AvgIpc) is 2.82. The third kappa shape index (κ3) is 2.04. The van der Waals surface area contributed by atoms with E-state index in [1.54, 1.807) is 12.1 Å². The van der Waals surface area contributed by atoms with Gasteiger partial charge in [0.25, 0.3) is 0 Å². The van der Waals surface area contributed by atoms with E-state index >= 15 is 0 Å². The van der Waals surface area contributed by atoms with E-state index < -0.39 is 5.97 Å². The zero-order chi connectivity index (χ0) is 13.3. The van der Waals surface area contributed by atoms with E-state index in [0.717, 1.165) is 0 Å². The van der Waals surface area contributed by atoms with Crippen LogP contribution in [-0.4, -0.2) is 28.4 Å². The molecule has 2 N–H and O–H groups in total. The van der Waals surface area contributed by atoms with Gasteiger partial charge in [-0.2, -0.15) is 0 Å². The summed E-state index contributed by atoms with van der Waals surface area (Å²) in [5.41, 5.74) is 0.710. The van der Waals surface area contributed by atoms with Crippen LogP contribution in [0.25, 0.3) is 11.3 Å². The maximum absolute atomic E-state index is 10.7. The number of aromatic carboxylic acids is 1. The molecule has 0 amide bonds. The minimum Gasteiger partial charge on any atom is -0.503 e. The Balaban J connectivity index is 2.56. The highest BCUT2D eigenvalue weighted by Gasteiger charge is 2.18. The molecule has 2 aromatic rings. The van der Waals surface area contributed by atoms with Crippen LogP contribution in [0.1, 0.15) is 10.6 Å². The van der Waals surface area contributed by atoms with E-state index in [-0.39, 0.29) is 23.0 Å². The Kier molecular flexibility index (Phi) is 3.24. The number of carboxylic acids is 1. The molecule has 0 atom stereocenters. The first kappa shape index (κ1) is 12.4. The highest BCUT2D eigenvalue weighted by atomic mass is 79.9. The van der Waals surface area contributed by atoms with E-state index in [1.165, 1.54) is 13.2 Å². The summed E-state index contributed by atoms with van der Waals surface area (Å²) >= 11 is 3.15. The zero-order valence-corrected chi connectivity index (χ0v) is 10.8. The van der Waals surface area contributed by atoms with Crippen molar-refractivity contribution in [2.45, 2.75) is 0 Å². The third-order valence-corrected chi connectivity index (χ3v) is 2.92. The van der Waals surface area contributed by atoms with Crippen molar-refractivity contribution in [2.75, 3.05) is 7.11 Å². The van der Waals surface area contributed by atoms with Crippen LogP contribution in [0, 0.1) is 0 Å². The lowest BCUT2D eigenvalue weighted by Gasteiger charge is -2.08. The molecule has 1 aromatic heterocycles. The highest BCUT2D eigenvalue weighted by molar-refractivity contribution is 9.10. The quantitative estimate of drug-likeness (QED) is 0.904. The molecule has 6 nitrogen and oxygen atoms in total. The van der Waals surface area contributed by atoms with Gasteiger partial charge in [0, 0.05) is 11.6 Å². The Labute approximate surface area is 110 Å². The lowest BCUT2D eigenvalue weighted by atomic mass is 10.1. The molecule has 1 heterocycles. The molecule has 0 saturated heterocycles. The van der Waals surface area contributed by atoms with E-state index in [1.807, 2.05) is 0 Å². The Morgan fingerprint density at radius 3 is 2.78 bits per heavy atom. The fourth-order valence-corrected chi connectivity index (χ4v) is 1.77. The minimum absolute atomic E-state index is 0.0881. The van der Waals surface area contributed by atoms with Crippen molar-refractivity contribution in [1.29, 1.82) is 0 Å². The summed E-state index contributed by atoms with van der Waals surface area (Å²) in [6, 6.07) is 4.49. The lowest BCUT2D eigenvalue weighted by molar-refractivity contribution is 0.0652. The van der Waals surface area contributed by atoms with E-state index in [0.29, 0.717) is 10.0 Å². The summed E-state index contributed by atoms with van der Waals surface area (Å²) in [7, 11) is 1.39. The summed E-state index contributed by atoms with van der Waals surface area (Å²) in [6.45, 7) is 0. The fraction of sp³-hybridized carbons (Fsp3) is 0.0909. The van der Waals surface area contributed by atoms with Crippen molar-refractivity contribution in [3.63, 3.8) is 0 Å². The number of rotatable bonds is 3. The molecule has 18 heavy (non-hydrogen) atoms. The number of phenolic OH excluding ortho intramolecular Hbond substituents is 1. The van der Waals surface area contributed by atoms with Crippen molar-refractivity contribution >= 4 is 21.9 Å². The topological polar surface area (TPSA) is 92.8 Å². The number of carboxylic acid groups (broad SMARTS) is 1. The number of nitrogens with zero attached hydrogens (tertiary/aromatic N) is 1. The van der Waals surface area contributed by atoms with Crippen LogP contribution in [0.2, 0.25) is 0 Å². The minimum atomic E-state index is -1.21. The van der Waals surface area contributed by atoms with Crippen LogP contribution in [0.3, 0.4) is 0 Å².